The molecule has 1 fully saturated rings. The van der Waals surface area contributed by atoms with E-state index in [0.717, 1.165) is 6.42 Å². The largest absolute Gasteiger partial charge is 0.481 e. The summed E-state index contributed by atoms with van der Waals surface area (Å²) < 4.78 is 0. The minimum Gasteiger partial charge on any atom is -0.481 e. The second kappa shape index (κ2) is 3.83. The van der Waals surface area contributed by atoms with Crippen LogP contribution in [0.4, 0.5) is 0 Å². The van der Waals surface area contributed by atoms with Gasteiger partial charge < -0.3 is 10.0 Å². The van der Waals surface area contributed by atoms with E-state index < -0.39 is 11.9 Å². The minimum atomic E-state index is -0.858. The molecule has 0 aromatic heterocycles. The highest BCUT2D eigenvalue weighted by atomic mass is 16.4. The van der Waals surface area contributed by atoms with Gasteiger partial charge in [0.1, 0.15) is 0 Å². The molecule has 0 radical (unpaired) electrons. The van der Waals surface area contributed by atoms with Crippen LogP contribution in [0.1, 0.15) is 27.2 Å². The molecule has 0 aromatic rings. The molecular formula is C11H19NO3. The fourth-order valence-electron chi connectivity index (χ4n) is 2.24. The minimum absolute atomic E-state index is 0.0331. The van der Waals surface area contributed by atoms with Crippen LogP contribution in [-0.4, -0.2) is 35.5 Å². The third-order valence-electron chi connectivity index (χ3n) is 3.29. The molecule has 0 spiro atoms. The van der Waals surface area contributed by atoms with Crippen LogP contribution >= 0.6 is 0 Å². The lowest BCUT2D eigenvalue weighted by molar-refractivity contribution is -0.141. The highest BCUT2D eigenvalue weighted by molar-refractivity contribution is 5.91. The van der Waals surface area contributed by atoms with E-state index in [0.29, 0.717) is 6.54 Å². The van der Waals surface area contributed by atoms with E-state index in [2.05, 4.69) is 0 Å². The molecule has 1 N–H and O–H groups in total. The molecule has 0 bridgehead atoms. The predicted molar refractivity (Wildman–Crippen MR) is 56.3 cm³/mol. The van der Waals surface area contributed by atoms with Crippen molar-refractivity contribution in [1.29, 1.82) is 0 Å². The third kappa shape index (κ3) is 1.98. The van der Waals surface area contributed by atoms with Crippen LogP contribution in [0.5, 0.6) is 0 Å². The maximum atomic E-state index is 11.9. The topological polar surface area (TPSA) is 57.6 Å². The molecule has 1 aliphatic rings. The molecule has 0 heterocycles. The zero-order valence-electron chi connectivity index (χ0n) is 9.78. The number of nitrogens with zero attached hydrogens (tertiary/aromatic N) is 1. The first-order valence-electron chi connectivity index (χ1n) is 5.31. The monoisotopic (exact) mass is 213 g/mol. The van der Waals surface area contributed by atoms with E-state index in [-0.39, 0.29) is 17.2 Å². The lowest BCUT2D eigenvalue weighted by Crippen LogP contribution is -2.30. The molecule has 4 heteroatoms. The summed E-state index contributed by atoms with van der Waals surface area (Å²) in [7, 11) is 1.74. The van der Waals surface area contributed by atoms with Gasteiger partial charge in [0.05, 0.1) is 11.8 Å². The Bertz CT molecular complexity index is 286. The summed E-state index contributed by atoms with van der Waals surface area (Å²) in [5, 5.41) is 8.95. The van der Waals surface area contributed by atoms with Gasteiger partial charge in [0.15, 0.2) is 0 Å². The number of rotatable bonds is 4. The Kier molecular flexibility index (Phi) is 3.07. The Balaban J connectivity index is 2.67. The van der Waals surface area contributed by atoms with Crippen LogP contribution in [0.2, 0.25) is 0 Å². The summed E-state index contributed by atoms with van der Waals surface area (Å²) in [6, 6.07) is 0. The van der Waals surface area contributed by atoms with Gasteiger partial charge in [-0.2, -0.15) is 0 Å². The highest BCUT2D eigenvalue weighted by Crippen LogP contribution is 2.58. The van der Waals surface area contributed by atoms with Gasteiger partial charge in [-0.25, -0.2) is 0 Å². The molecule has 86 valence electrons. The molecule has 1 saturated carbocycles. The van der Waals surface area contributed by atoms with Gasteiger partial charge in [-0.1, -0.05) is 20.8 Å². The van der Waals surface area contributed by atoms with Gasteiger partial charge in [0.2, 0.25) is 5.91 Å². The molecule has 0 aromatic carbocycles. The van der Waals surface area contributed by atoms with Crippen LogP contribution in [0.25, 0.3) is 0 Å². The number of hydrogen-bond acceptors (Lipinski definition) is 2. The van der Waals surface area contributed by atoms with Gasteiger partial charge in [-0.15, -0.1) is 0 Å². The van der Waals surface area contributed by atoms with Gasteiger partial charge in [-0.3, -0.25) is 9.59 Å². The van der Waals surface area contributed by atoms with Gasteiger partial charge >= 0.3 is 5.97 Å². The smallest absolute Gasteiger partial charge is 0.307 e. The van der Waals surface area contributed by atoms with Crippen molar-refractivity contribution < 1.29 is 14.7 Å². The van der Waals surface area contributed by atoms with Gasteiger partial charge in [0.25, 0.3) is 0 Å². The average Bonchev–Trinajstić information content (AvgIpc) is 2.68. The molecular weight excluding hydrogens is 194 g/mol. The van der Waals surface area contributed by atoms with Crippen molar-refractivity contribution in [2.75, 3.05) is 13.6 Å². The Morgan fingerprint density at radius 1 is 1.33 bits per heavy atom. The summed E-state index contributed by atoms with van der Waals surface area (Å²) in [4.78, 5) is 24.4. The first kappa shape index (κ1) is 12.0. The number of carbonyl (C=O) groups excluding carboxylic acids is 1. The van der Waals surface area contributed by atoms with E-state index in [4.69, 9.17) is 5.11 Å². The van der Waals surface area contributed by atoms with E-state index in [1.165, 1.54) is 0 Å². The fraction of sp³-hybridized carbons (Fsp3) is 0.818. The predicted octanol–water partition coefficient (Wildman–Crippen LogP) is 1.21. The van der Waals surface area contributed by atoms with E-state index in [1.807, 2.05) is 20.8 Å². The first-order chi connectivity index (χ1) is 6.84. The average molecular weight is 213 g/mol. The second-order valence-electron chi connectivity index (χ2n) is 4.87. The summed E-state index contributed by atoms with van der Waals surface area (Å²) in [5.41, 5.74) is -0.384. The zero-order valence-corrected chi connectivity index (χ0v) is 9.78. The number of hydrogen-bond donors (Lipinski definition) is 1. The molecule has 4 nitrogen and oxygen atoms in total. The number of amides is 1. The van der Waals surface area contributed by atoms with Gasteiger partial charge in [-0.05, 0) is 11.8 Å². The molecule has 0 saturated heterocycles. The maximum absolute atomic E-state index is 11.9. The van der Waals surface area contributed by atoms with Crippen molar-refractivity contribution in [3.63, 3.8) is 0 Å². The van der Waals surface area contributed by atoms with Crippen molar-refractivity contribution in [2.24, 2.45) is 17.3 Å². The number of aliphatic carboxylic acids is 1. The molecule has 2 atom stereocenters. The standard InChI is InChI=1S/C11H19NO3/c1-5-6-12(4)9(13)7-8(10(14)15)11(7,2)3/h7-8H,5-6H2,1-4H3,(H,14,15)/t7-,8+/m0/s1. The fourth-order valence-corrected chi connectivity index (χ4v) is 2.24. The Hall–Kier alpha value is -1.06. The van der Waals surface area contributed by atoms with Crippen molar-refractivity contribution in [3.8, 4) is 0 Å². The summed E-state index contributed by atoms with van der Waals surface area (Å²) in [5.74, 6) is -1.74. The molecule has 1 amide bonds. The Morgan fingerprint density at radius 3 is 2.20 bits per heavy atom. The van der Waals surface area contributed by atoms with Crippen LogP contribution in [0.3, 0.4) is 0 Å². The van der Waals surface area contributed by atoms with Crippen LogP contribution in [0, 0.1) is 17.3 Å². The van der Waals surface area contributed by atoms with Crippen molar-refractivity contribution >= 4 is 11.9 Å². The van der Waals surface area contributed by atoms with Crippen LogP contribution < -0.4 is 0 Å². The lowest BCUT2D eigenvalue weighted by atomic mass is 10.1. The number of carboxylic acids is 1. The Morgan fingerprint density at radius 2 is 1.87 bits per heavy atom. The van der Waals surface area contributed by atoms with Crippen molar-refractivity contribution in [2.45, 2.75) is 27.2 Å². The zero-order chi connectivity index (χ0) is 11.8. The maximum Gasteiger partial charge on any atom is 0.307 e. The summed E-state index contributed by atoms with van der Waals surface area (Å²) >= 11 is 0. The molecule has 0 aliphatic heterocycles. The first-order valence-corrected chi connectivity index (χ1v) is 5.31. The quantitative estimate of drug-likeness (QED) is 0.763. The molecule has 15 heavy (non-hydrogen) atoms. The van der Waals surface area contributed by atoms with E-state index in [9.17, 15) is 9.59 Å². The van der Waals surface area contributed by atoms with Crippen molar-refractivity contribution in [1.82, 2.24) is 4.90 Å². The van der Waals surface area contributed by atoms with Gasteiger partial charge in [0, 0.05) is 13.6 Å². The van der Waals surface area contributed by atoms with E-state index in [1.54, 1.807) is 11.9 Å². The SMILES string of the molecule is CCCN(C)C(=O)[C@@H]1[C@H](C(=O)O)C1(C)C. The molecule has 1 aliphatic carbocycles. The summed E-state index contributed by atoms with van der Waals surface area (Å²) in [6.07, 6.45) is 0.896. The number of carboxylic acid groups (broad SMARTS) is 1. The van der Waals surface area contributed by atoms with E-state index >= 15 is 0 Å². The van der Waals surface area contributed by atoms with Crippen molar-refractivity contribution in [3.05, 3.63) is 0 Å². The normalized spacial score (nSPS) is 27.2. The Labute approximate surface area is 90.3 Å². The third-order valence-corrected chi connectivity index (χ3v) is 3.29. The lowest BCUT2D eigenvalue weighted by Gasteiger charge is -2.16. The van der Waals surface area contributed by atoms with Crippen LogP contribution in [-0.2, 0) is 9.59 Å². The summed E-state index contributed by atoms with van der Waals surface area (Å²) in [6.45, 7) is 6.37. The molecule has 0 unspecified atom stereocenters. The molecule has 1 rings (SSSR count). The highest BCUT2D eigenvalue weighted by Gasteiger charge is 2.66. The number of carbonyl (C=O) groups is 2. The van der Waals surface area contributed by atoms with Crippen LogP contribution in [0.15, 0.2) is 0 Å². The second-order valence-corrected chi connectivity index (χ2v) is 4.87.